The van der Waals surface area contributed by atoms with Gasteiger partial charge in [-0.1, -0.05) is 52.0 Å². The molecule has 2 unspecified atom stereocenters. The van der Waals surface area contributed by atoms with E-state index in [1.165, 1.54) is 36.4 Å². The number of alkyl halides is 4. The predicted octanol–water partition coefficient (Wildman–Crippen LogP) is 5.43. The Hall–Kier alpha value is -2.65. The van der Waals surface area contributed by atoms with E-state index < -0.39 is 31.1 Å². The van der Waals surface area contributed by atoms with E-state index in [0.717, 1.165) is 0 Å². The lowest BCUT2D eigenvalue weighted by atomic mass is 9.85. The molecule has 0 aliphatic carbocycles. The normalized spacial score (nSPS) is 13.7. The average molecular weight is 456 g/mol. The molecule has 0 aliphatic heterocycles. The van der Waals surface area contributed by atoms with Crippen LogP contribution in [-0.2, 0) is 0 Å². The van der Waals surface area contributed by atoms with Crippen LogP contribution in [0.4, 0.5) is 17.6 Å². The van der Waals surface area contributed by atoms with Crippen LogP contribution in [-0.4, -0.2) is 19.0 Å². The van der Waals surface area contributed by atoms with Gasteiger partial charge in [0.25, 0.3) is 0 Å². The van der Waals surface area contributed by atoms with Gasteiger partial charge < -0.3 is 20.9 Å². The minimum absolute atomic E-state index is 0.0238. The Morgan fingerprint density at radius 2 is 1.06 bits per heavy atom. The summed E-state index contributed by atoms with van der Waals surface area (Å²) in [6, 6.07) is 6.66. The molecule has 4 N–H and O–H groups in total. The largest absolute Gasteiger partial charge is 0.434 e. The maximum Gasteiger partial charge on any atom is 0.387 e. The van der Waals surface area contributed by atoms with Crippen LogP contribution in [0.25, 0.3) is 0 Å². The van der Waals surface area contributed by atoms with Gasteiger partial charge in [-0.2, -0.15) is 17.6 Å². The van der Waals surface area contributed by atoms with Crippen LogP contribution < -0.4 is 20.9 Å². The van der Waals surface area contributed by atoms with E-state index in [-0.39, 0.29) is 45.6 Å². The molecule has 2 rings (SSSR count). The summed E-state index contributed by atoms with van der Waals surface area (Å²) in [6.45, 7) is 0.854. The average Bonchev–Trinajstić information content (AvgIpc) is 2.70. The SMILES string of the molecule is CC(C)C(N)c1c(OC(F)F)cccc1C(=O)c1cccc(OC(F)F)c1C(N)C(C)C. The first-order chi connectivity index (χ1) is 15.0. The summed E-state index contributed by atoms with van der Waals surface area (Å²) in [5, 5.41) is 0. The number of ether oxygens (including phenoxy) is 2. The van der Waals surface area contributed by atoms with Crippen LogP contribution in [0, 0.1) is 11.8 Å². The number of halogens is 4. The Morgan fingerprint density at radius 1 is 0.719 bits per heavy atom. The van der Waals surface area contributed by atoms with Crippen molar-refractivity contribution in [3.63, 3.8) is 0 Å². The van der Waals surface area contributed by atoms with Crippen molar-refractivity contribution in [1.29, 1.82) is 0 Å². The molecular formula is C23H28F4N2O3. The lowest BCUT2D eigenvalue weighted by Gasteiger charge is -2.25. The first-order valence-corrected chi connectivity index (χ1v) is 10.2. The third kappa shape index (κ3) is 5.77. The molecule has 32 heavy (non-hydrogen) atoms. The van der Waals surface area contributed by atoms with E-state index in [9.17, 15) is 22.4 Å². The van der Waals surface area contributed by atoms with Crippen molar-refractivity contribution in [2.45, 2.75) is 53.0 Å². The molecule has 2 aromatic carbocycles. The van der Waals surface area contributed by atoms with Gasteiger partial charge in [0, 0.05) is 34.3 Å². The van der Waals surface area contributed by atoms with Gasteiger partial charge in [0.2, 0.25) is 0 Å². The molecule has 9 heteroatoms. The highest BCUT2D eigenvalue weighted by Gasteiger charge is 2.29. The molecule has 0 aliphatic rings. The van der Waals surface area contributed by atoms with Crippen molar-refractivity contribution in [3.8, 4) is 11.5 Å². The molecule has 176 valence electrons. The minimum Gasteiger partial charge on any atom is -0.434 e. The monoisotopic (exact) mass is 456 g/mol. The van der Waals surface area contributed by atoms with E-state index in [0.29, 0.717) is 0 Å². The second-order valence-corrected chi connectivity index (χ2v) is 8.06. The van der Waals surface area contributed by atoms with Gasteiger partial charge >= 0.3 is 13.2 Å². The Bertz CT molecular complexity index is 862. The molecule has 0 saturated carbocycles. The van der Waals surface area contributed by atoms with Crippen LogP contribution in [0.3, 0.4) is 0 Å². The summed E-state index contributed by atoms with van der Waals surface area (Å²) >= 11 is 0. The second-order valence-electron chi connectivity index (χ2n) is 8.06. The summed E-state index contributed by atoms with van der Waals surface area (Å²) in [7, 11) is 0. The summed E-state index contributed by atoms with van der Waals surface area (Å²) < 4.78 is 61.3. The van der Waals surface area contributed by atoms with Gasteiger partial charge in [-0.05, 0) is 24.0 Å². The number of hydrogen-bond acceptors (Lipinski definition) is 5. The fraction of sp³-hybridized carbons (Fsp3) is 0.435. The van der Waals surface area contributed by atoms with E-state index in [2.05, 4.69) is 9.47 Å². The number of ketones is 1. The number of carbonyl (C=O) groups is 1. The molecule has 2 aromatic rings. The van der Waals surface area contributed by atoms with E-state index >= 15 is 0 Å². The van der Waals surface area contributed by atoms with Crippen LogP contribution in [0.5, 0.6) is 11.5 Å². The molecule has 0 saturated heterocycles. The molecule has 0 heterocycles. The molecule has 0 amide bonds. The van der Waals surface area contributed by atoms with Crippen molar-refractivity contribution >= 4 is 5.78 Å². The number of hydrogen-bond donors (Lipinski definition) is 2. The maximum absolute atomic E-state index is 13.6. The summed E-state index contributed by atoms with van der Waals surface area (Å²) in [5.74, 6) is -1.48. The van der Waals surface area contributed by atoms with E-state index in [1.54, 1.807) is 27.7 Å². The van der Waals surface area contributed by atoms with Crippen LogP contribution in [0.15, 0.2) is 36.4 Å². The van der Waals surface area contributed by atoms with Crippen LogP contribution in [0.1, 0.15) is 66.8 Å². The smallest absolute Gasteiger partial charge is 0.387 e. The van der Waals surface area contributed by atoms with Gasteiger partial charge in [0.15, 0.2) is 5.78 Å². The van der Waals surface area contributed by atoms with Crippen molar-refractivity contribution in [2.24, 2.45) is 23.3 Å². The number of carbonyl (C=O) groups excluding carboxylic acids is 1. The number of rotatable bonds is 10. The molecule has 0 fully saturated rings. The fourth-order valence-corrected chi connectivity index (χ4v) is 3.38. The number of benzene rings is 2. The fourth-order valence-electron chi connectivity index (χ4n) is 3.38. The van der Waals surface area contributed by atoms with Crippen molar-refractivity contribution in [2.75, 3.05) is 0 Å². The minimum atomic E-state index is -3.12. The molecule has 0 spiro atoms. The number of nitrogens with two attached hydrogens (primary N) is 2. The quantitative estimate of drug-likeness (QED) is 0.368. The Balaban J connectivity index is 2.74. The molecular weight excluding hydrogens is 428 g/mol. The lowest BCUT2D eigenvalue weighted by molar-refractivity contribution is -0.0513. The zero-order chi connectivity index (χ0) is 24.2. The molecule has 5 nitrogen and oxygen atoms in total. The van der Waals surface area contributed by atoms with E-state index in [1.807, 2.05) is 0 Å². The van der Waals surface area contributed by atoms with Gasteiger partial charge in [-0.25, -0.2) is 0 Å². The second kappa shape index (κ2) is 10.8. The Kier molecular flexibility index (Phi) is 8.63. The van der Waals surface area contributed by atoms with Crippen molar-refractivity contribution < 1.29 is 31.8 Å². The first kappa shape index (κ1) is 25.6. The van der Waals surface area contributed by atoms with Gasteiger partial charge in [-0.15, -0.1) is 0 Å². The van der Waals surface area contributed by atoms with Crippen LogP contribution in [0.2, 0.25) is 0 Å². The highest BCUT2D eigenvalue weighted by Crippen LogP contribution is 2.37. The molecule has 0 bridgehead atoms. The molecule has 0 aromatic heterocycles. The highest BCUT2D eigenvalue weighted by molar-refractivity contribution is 6.11. The maximum atomic E-state index is 13.6. The Morgan fingerprint density at radius 3 is 1.34 bits per heavy atom. The van der Waals surface area contributed by atoms with Crippen LogP contribution >= 0.6 is 0 Å². The standard InChI is InChI=1S/C23H28F4N2O3/c1-11(2)19(28)17-13(7-5-9-15(17)31-22(24)25)21(30)14-8-6-10-16(32-23(26)27)18(14)20(29)12(3)4/h5-12,19-20,22-23H,28-29H2,1-4H3. The highest BCUT2D eigenvalue weighted by atomic mass is 19.3. The summed E-state index contributed by atoms with van der Waals surface area (Å²) in [6.07, 6.45) is 0. The zero-order valence-corrected chi connectivity index (χ0v) is 18.3. The van der Waals surface area contributed by atoms with Crippen molar-refractivity contribution in [1.82, 2.24) is 0 Å². The van der Waals surface area contributed by atoms with E-state index in [4.69, 9.17) is 11.5 Å². The van der Waals surface area contributed by atoms with Crippen molar-refractivity contribution in [3.05, 3.63) is 58.7 Å². The third-order valence-electron chi connectivity index (χ3n) is 5.16. The topological polar surface area (TPSA) is 87.6 Å². The lowest BCUT2D eigenvalue weighted by Crippen LogP contribution is -2.25. The zero-order valence-electron chi connectivity index (χ0n) is 18.3. The van der Waals surface area contributed by atoms with Gasteiger partial charge in [0.05, 0.1) is 0 Å². The molecule has 2 atom stereocenters. The van der Waals surface area contributed by atoms with Gasteiger partial charge in [-0.3, -0.25) is 4.79 Å². The summed E-state index contributed by atoms with van der Waals surface area (Å²) in [5.41, 5.74) is 12.8. The summed E-state index contributed by atoms with van der Waals surface area (Å²) in [4.78, 5) is 13.6. The third-order valence-corrected chi connectivity index (χ3v) is 5.16. The Labute approximate surface area is 184 Å². The van der Waals surface area contributed by atoms with Gasteiger partial charge in [0.1, 0.15) is 11.5 Å². The first-order valence-electron chi connectivity index (χ1n) is 10.2. The predicted molar refractivity (Wildman–Crippen MR) is 113 cm³/mol. The molecule has 0 radical (unpaired) electrons.